The summed E-state index contributed by atoms with van der Waals surface area (Å²) in [5.74, 6) is 1.21. The molecule has 41 heavy (non-hydrogen) atoms. The fraction of sp³-hybridized carbons (Fsp3) is 0.467. The summed E-state index contributed by atoms with van der Waals surface area (Å²) in [6.45, 7) is 5.74. The topological polar surface area (TPSA) is 94.3 Å². The number of alkyl carbamates (subject to hydrolysis) is 1. The van der Waals surface area contributed by atoms with E-state index in [0.29, 0.717) is 35.1 Å². The monoisotopic (exact) mass is 580 g/mol. The highest BCUT2D eigenvalue weighted by Crippen LogP contribution is 2.37. The van der Waals surface area contributed by atoms with Crippen LogP contribution in [0.3, 0.4) is 0 Å². The van der Waals surface area contributed by atoms with Gasteiger partial charge in [-0.3, -0.25) is 4.79 Å². The van der Waals surface area contributed by atoms with Gasteiger partial charge in [-0.05, 0) is 81.8 Å². The second-order valence-electron chi connectivity index (χ2n) is 12.1. The Kier molecular flexibility index (Phi) is 6.92. The molecule has 0 spiro atoms. The molecule has 1 aromatic carbocycles. The van der Waals surface area contributed by atoms with Crippen LogP contribution in [0.2, 0.25) is 5.15 Å². The number of carbonyl (C=O) groups is 2. The minimum absolute atomic E-state index is 0.0519. The molecule has 2 aliphatic rings. The molecule has 1 atom stereocenters. The van der Waals surface area contributed by atoms with E-state index in [0.717, 1.165) is 40.2 Å². The molecule has 3 aromatic heterocycles. The normalized spacial score (nSPS) is 16.3. The number of halogens is 2. The van der Waals surface area contributed by atoms with Crippen molar-refractivity contribution < 1.29 is 18.7 Å². The van der Waals surface area contributed by atoms with Crippen LogP contribution in [0.15, 0.2) is 30.3 Å². The summed E-state index contributed by atoms with van der Waals surface area (Å²) in [6.07, 6.45) is 2.31. The summed E-state index contributed by atoms with van der Waals surface area (Å²) in [6, 6.07) is 8.88. The molecule has 9 nitrogen and oxygen atoms in total. The van der Waals surface area contributed by atoms with Crippen LogP contribution in [0, 0.1) is 5.92 Å². The summed E-state index contributed by atoms with van der Waals surface area (Å²) >= 11 is 6.25. The molecule has 0 saturated heterocycles. The van der Waals surface area contributed by atoms with Gasteiger partial charge >= 0.3 is 6.09 Å². The van der Waals surface area contributed by atoms with E-state index in [9.17, 15) is 14.0 Å². The second kappa shape index (κ2) is 10.3. The summed E-state index contributed by atoms with van der Waals surface area (Å²) in [4.78, 5) is 36.9. The SMILES string of the molecule is Cn1c(-c2cc3ccc(Cl)nc3n2CC2CC2)nc2cc3c(cc21)CCN(CC(CF)NC(=O)OC(C)(C)C)C3=O. The first-order chi connectivity index (χ1) is 19.5. The number of pyridine rings is 1. The standard InChI is InChI=1S/C30H34ClFN6O3/c1-30(2,3)41-29(40)33-20(14-32)16-37-10-9-18-11-23-22(13-21(18)28(37)39)34-27(36(23)4)24-12-19-7-8-25(31)35-26(19)38(24)15-17-5-6-17/h7-8,11-13,17,20H,5-6,9-10,14-16H2,1-4H3,(H,33,40). The molecule has 2 amide bonds. The Bertz CT molecular complexity index is 1670. The second-order valence-corrected chi connectivity index (χ2v) is 12.5. The number of amides is 2. The predicted molar refractivity (Wildman–Crippen MR) is 156 cm³/mol. The van der Waals surface area contributed by atoms with E-state index in [2.05, 4.69) is 25.5 Å². The minimum Gasteiger partial charge on any atom is -0.444 e. The number of alkyl halides is 1. The first-order valence-corrected chi connectivity index (χ1v) is 14.4. The van der Waals surface area contributed by atoms with Crippen LogP contribution in [0.1, 0.15) is 49.5 Å². The molecule has 4 heterocycles. The molecule has 11 heteroatoms. The number of carbonyl (C=O) groups excluding carboxylic acids is 2. The Hall–Kier alpha value is -3.66. The zero-order valence-corrected chi connectivity index (χ0v) is 24.5. The van der Waals surface area contributed by atoms with E-state index in [-0.39, 0.29) is 12.5 Å². The maximum atomic E-state index is 13.8. The molecule has 0 bridgehead atoms. The fourth-order valence-electron chi connectivity index (χ4n) is 5.52. The lowest BCUT2D eigenvalue weighted by Gasteiger charge is -2.31. The molecule has 1 aliphatic heterocycles. The smallest absolute Gasteiger partial charge is 0.408 e. The molecule has 1 fully saturated rings. The molecule has 0 radical (unpaired) electrons. The number of aryl methyl sites for hydroxylation is 1. The van der Waals surface area contributed by atoms with Crippen molar-refractivity contribution in [2.75, 3.05) is 19.8 Å². The van der Waals surface area contributed by atoms with E-state index < -0.39 is 24.4 Å². The van der Waals surface area contributed by atoms with Crippen LogP contribution in [0.4, 0.5) is 9.18 Å². The lowest BCUT2D eigenvalue weighted by atomic mass is 9.97. The van der Waals surface area contributed by atoms with E-state index in [4.69, 9.17) is 21.3 Å². The molecular formula is C30H34ClFN6O3. The molecule has 1 saturated carbocycles. The third-order valence-corrected chi connectivity index (χ3v) is 7.91. The number of rotatable bonds is 7. The molecule has 1 aliphatic carbocycles. The average molecular weight is 581 g/mol. The van der Waals surface area contributed by atoms with E-state index in [1.54, 1.807) is 31.7 Å². The number of ether oxygens (including phenoxy) is 1. The van der Waals surface area contributed by atoms with Crippen molar-refractivity contribution >= 4 is 45.7 Å². The number of aromatic nitrogens is 4. The Morgan fingerprint density at radius 3 is 2.71 bits per heavy atom. The van der Waals surface area contributed by atoms with Crippen LogP contribution in [-0.2, 0) is 24.8 Å². The number of hydrogen-bond acceptors (Lipinski definition) is 5. The first kappa shape index (κ1) is 27.5. The maximum Gasteiger partial charge on any atom is 0.408 e. The van der Waals surface area contributed by atoms with E-state index in [1.807, 2.05) is 25.2 Å². The van der Waals surface area contributed by atoms with Gasteiger partial charge in [-0.25, -0.2) is 19.2 Å². The molecule has 4 aromatic rings. The van der Waals surface area contributed by atoms with Gasteiger partial charge in [-0.15, -0.1) is 0 Å². The van der Waals surface area contributed by atoms with Crippen molar-refractivity contribution in [3.63, 3.8) is 0 Å². The van der Waals surface area contributed by atoms with Crippen molar-refractivity contribution in [1.29, 1.82) is 0 Å². The van der Waals surface area contributed by atoms with Crippen molar-refractivity contribution in [3.8, 4) is 11.5 Å². The minimum atomic E-state index is -0.865. The number of imidazole rings is 1. The van der Waals surface area contributed by atoms with Crippen molar-refractivity contribution in [2.24, 2.45) is 13.0 Å². The van der Waals surface area contributed by atoms with Gasteiger partial charge in [0, 0.05) is 37.6 Å². The van der Waals surface area contributed by atoms with Crippen LogP contribution >= 0.6 is 11.6 Å². The van der Waals surface area contributed by atoms with Gasteiger partial charge in [0.2, 0.25) is 0 Å². The summed E-state index contributed by atoms with van der Waals surface area (Å²) in [5, 5.41) is 4.01. The van der Waals surface area contributed by atoms with Gasteiger partial charge in [-0.2, -0.15) is 0 Å². The summed E-state index contributed by atoms with van der Waals surface area (Å²) in [5.41, 5.74) is 4.23. The predicted octanol–water partition coefficient (Wildman–Crippen LogP) is 5.51. The number of nitrogens with zero attached hydrogens (tertiary/aromatic N) is 5. The average Bonchev–Trinajstić information content (AvgIpc) is 3.59. The van der Waals surface area contributed by atoms with Crippen LogP contribution in [0.25, 0.3) is 33.6 Å². The van der Waals surface area contributed by atoms with Gasteiger partial charge in [-0.1, -0.05) is 11.6 Å². The highest BCUT2D eigenvalue weighted by molar-refractivity contribution is 6.29. The Balaban J connectivity index is 1.30. The lowest BCUT2D eigenvalue weighted by Crippen LogP contribution is -2.50. The number of nitrogens with one attached hydrogen (secondary N) is 1. The van der Waals surface area contributed by atoms with Crippen molar-refractivity contribution in [2.45, 2.75) is 58.2 Å². The number of hydrogen-bond donors (Lipinski definition) is 1. The summed E-state index contributed by atoms with van der Waals surface area (Å²) < 4.78 is 23.4. The van der Waals surface area contributed by atoms with Crippen LogP contribution < -0.4 is 5.32 Å². The van der Waals surface area contributed by atoms with Gasteiger partial charge in [0.05, 0.1) is 22.8 Å². The first-order valence-electron chi connectivity index (χ1n) is 14.0. The quantitative estimate of drug-likeness (QED) is 0.291. The van der Waals surface area contributed by atoms with Crippen LogP contribution in [0.5, 0.6) is 0 Å². The lowest BCUT2D eigenvalue weighted by molar-refractivity contribution is 0.0466. The van der Waals surface area contributed by atoms with Gasteiger partial charge in [0.1, 0.15) is 23.1 Å². The van der Waals surface area contributed by atoms with Gasteiger partial charge in [0.15, 0.2) is 5.82 Å². The fourth-order valence-corrected chi connectivity index (χ4v) is 5.67. The highest BCUT2D eigenvalue weighted by Gasteiger charge is 2.30. The Morgan fingerprint density at radius 1 is 1.22 bits per heavy atom. The molecule has 6 rings (SSSR count). The third kappa shape index (κ3) is 5.49. The van der Waals surface area contributed by atoms with Crippen molar-refractivity contribution in [3.05, 3.63) is 46.6 Å². The van der Waals surface area contributed by atoms with Crippen LogP contribution in [-0.4, -0.2) is 67.4 Å². The van der Waals surface area contributed by atoms with Gasteiger partial charge in [0.25, 0.3) is 5.91 Å². The summed E-state index contributed by atoms with van der Waals surface area (Å²) in [7, 11) is 1.99. The number of benzene rings is 1. The van der Waals surface area contributed by atoms with E-state index in [1.165, 1.54) is 12.8 Å². The number of fused-ring (bicyclic) bond motifs is 3. The highest BCUT2D eigenvalue weighted by atomic mass is 35.5. The Morgan fingerprint density at radius 2 is 2.00 bits per heavy atom. The molecule has 1 N–H and O–H groups in total. The largest absolute Gasteiger partial charge is 0.444 e. The van der Waals surface area contributed by atoms with E-state index >= 15 is 0 Å². The maximum absolute atomic E-state index is 13.8. The van der Waals surface area contributed by atoms with Gasteiger partial charge < -0.3 is 24.1 Å². The Labute approximate surface area is 242 Å². The molecule has 216 valence electrons. The third-order valence-electron chi connectivity index (χ3n) is 7.70. The molecule has 1 unspecified atom stereocenters. The van der Waals surface area contributed by atoms with Crippen molar-refractivity contribution in [1.82, 2.24) is 29.3 Å². The zero-order valence-electron chi connectivity index (χ0n) is 23.7. The zero-order chi connectivity index (χ0) is 29.1. The molecular weight excluding hydrogens is 547 g/mol.